The van der Waals surface area contributed by atoms with Crippen LogP contribution in [0.2, 0.25) is 0 Å². The van der Waals surface area contributed by atoms with E-state index in [-0.39, 0.29) is 36.0 Å². The minimum Gasteiger partial charge on any atom is -0.457 e. The molecule has 0 spiro atoms. The summed E-state index contributed by atoms with van der Waals surface area (Å²) in [4.78, 5) is 4.30. The Bertz CT molecular complexity index is 748. The summed E-state index contributed by atoms with van der Waals surface area (Å²) < 4.78 is 11.4. The van der Waals surface area contributed by atoms with Crippen LogP contribution in [0.15, 0.2) is 59.6 Å². The Balaban J connectivity index is 0.00000300. The smallest absolute Gasteiger partial charge is 0.191 e. The number of nitrogens with one attached hydrogen (secondary N) is 2. The summed E-state index contributed by atoms with van der Waals surface area (Å²) in [7, 11) is 1.76. The van der Waals surface area contributed by atoms with E-state index in [1.807, 2.05) is 54.6 Å². The van der Waals surface area contributed by atoms with Crippen LogP contribution in [0.25, 0.3) is 0 Å². The first-order valence-electron chi connectivity index (χ1n) is 9.68. The monoisotopic (exact) mass is 511 g/mol. The molecule has 1 atom stereocenters. The minimum atomic E-state index is -0.0111. The quantitative estimate of drug-likeness (QED) is 0.287. The van der Waals surface area contributed by atoms with Gasteiger partial charge < -0.3 is 25.2 Å². The van der Waals surface area contributed by atoms with Crippen LogP contribution in [0.5, 0.6) is 11.5 Å². The van der Waals surface area contributed by atoms with Crippen LogP contribution in [-0.2, 0) is 11.3 Å². The molecule has 1 fully saturated rings. The lowest BCUT2D eigenvalue weighted by atomic mass is 9.84. The van der Waals surface area contributed by atoms with Gasteiger partial charge in [-0.1, -0.05) is 30.3 Å². The molecule has 1 aliphatic rings. The van der Waals surface area contributed by atoms with Crippen LogP contribution in [0, 0.1) is 5.41 Å². The summed E-state index contributed by atoms with van der Waals surface area (Å²) >= 11 is 0. The van der Waals surface area contributed by atoms with Gasteiger partial charge in [0.15, 0.2) is 5.96 Å². The van der Waals surface area contributed by atoms with Gasteiger partial charge >= 0.3 is 0 Å². The third-order valence-corrected chi connectivity index (χ3v) is 5.04. The van der Waals surface area contributed by atoms with E-state index in [1.54, 1.807) is 7.05 Å². The fraction of sp³-hybridized carbons (Fsp3) is 0.409. The lowest BCUT2D eigenvalue weighted by Gasteiger charge is -2.27. The van der Waals surface area contributed by atoms with Gasteiger partial charge in [0.25, 0.3) is 0 Å². The first-order chi connectivity index (χ1) is 13.7. The highest BCUT2D eigenvalue weighted by Gasteiger charge is 2.34. The van der Waals surface area contributed by atoms with E-state index in [4.69, 9.17) is 9.47 Å². The standard InChI is InChI=1S/C22H29N3O3.HI/c1-23-21(25-16-22(11-13-26)12-14-27-17-22)24-15-18-7-9-20(10-8-18)28-19-5-3-2-4-6-19;/h2-10,26H,11-17H2,1H3,(H2,23,24,25);1H. The molecule has 3 rings (SSSR count). The number of aliphatic imine (C=N–C) groups is 1. The number of hydrogen-bond donors (Lipinski definition) is 3. The molecule has 0 radical (unpaired) electrons. The van der Waals surface area contributed by atoms with Gasteiger partial charge in [0.1, 0.15) is 11.5 Å². The lowest BCUT2D eigenvalue weighted by molar-refractivity contribution is 0.127. The molecule has 0 amide bonds. The number of hydrogen-bond acceptors (Lipinski definition) is 4. The first-order valence-corrected chi connectivity index (χ1v) is 9.68. The maximum atomic E-state index is 9.34. The fourth-order valence-electron chi connectivity index (χ4n) is 3.29. The Morgan fingerprint density at radius 2 is 1.83 bits per heavy atom. The van der Waals surface area contributed by atoms with Gasteiger partial charge in [-0.05, 0) is 42.7 Å². The van der Waals surface area contributed by atoms with Crippen molar-refractivity contribution in [3.63, 3.8) is 0 Å². The van der Waals surface area contributed by atoms with Crippen molar-refractivity contribution in [3.8, 4) is 11.5 Å². The van der Waals surface area contributed by atoms with Crippen molar-refractivity contribution in [2.24, 2.45) is 10.4 Å². The van der Waals surface area contributed by atoms with Crippen molar-refractivity contribution in [1.29, 1.82) is 0 Å². The van der Waals surface area contributed by atoms with E-state index >= 15 is 0 Å². The van der Waals surface area contributed by atoms with E-state index in [2.05, 4.69) is 15.6 Å². The molecule has 2 aromatic carbocycles. The maximum absolute atomic E-state index is 9.34. The second kappa shape index (κ2) is 12.0. The molecule has 2 aromatic rings. The van der Waals surface area contributed by atoms with Crippen LogP contribution in [-0.4, -0.2) is 44.5 Å². The second-order valence-corrected chi connectivity index (χ2v) is 7.11. The van der Waals surface area contributed by atoms with Crippen molar-refractivity contribution < 1.29 is 14.6 Å². The SMILES string of the molecule is CN=C(NCc1ccc(Oc2ccccc2)cc1)NCC1(CCO)CCOC1.I. The highest BCUT2D eigenvalue weighted by molar-refractivity contribution is 14.0. The molecule has 0 aliphatic carbocycles. The Morgan fingerprint density at radius 1 is 1.10 bits per heavy atom. The maximum Gasteiger partial charge on any atom is 0.191 e. The lowest BCUT2D eigenvalue weighted by Crippen LogP contribution is -2.44. The van der Waals surface area contributed by atoms with Crippen molar-refractivity contribution in [1.82, 2.24) is 10.6 Å². The Labute approximate surface area is 189 Å². The molecule has 1 aliphatic heterocycles. The van der Waals surface area contributed by atoms with E-state index in [1.165, 1.54) is 0 Å². The number of para-hydroxylation sites is 1. The first kappa shape index (κ1) is 23.4. The van der Waals surface area contributed by atoms with Crippen molar-refractivity contribution in [2.45, 2.75) is 19.4 Å². The van der Waals surface area contributed by atoms with Gasteiger partial charge in [0, 0.05) is 38.8 Å². The third-order valence-electron chi connectivity index (χ3n) is 5.04. The molecule has 3 N–H and O–H groups in total. The second-order valence-electron chi connectivity index (χ2n) is 7.11. The number of aliphatic hydroxyl groups is 1. The molecular formula is C22H30IN3O3. The zero-order chi connectivity index (χ0) is 19.7. The Hall–Kier alpha value is -1.84. The van der Waals surface area contributed by atoms with Crippen LogP contribution in [0.3, 0.4) is 0 Å². The molecule has 158 valence electrons. The molecule has 1 unspecified atom stereocenters. The van der Waals surface area contributed by atoms with Gasteiger partial charge in [-0.15, -0.1) is 24.0 Å². The number of rotatable bonds is 8. The molecular weight excluding hydrogens is 481 g/mol. The van der Waals surface area contributed by atoms with Crippen LogP contribution in [0.1, 0.15) is 18.4 Å². The number of guanidine groups is 1. The zero-order valence-corrected chi connectivity index (χ0v) is 19.1. The van der Waals surface area contributed by atoms with Gasteiger partial charge in [-0.25, -0.2) is 0 Å². The fourth-order valence-corrected chi connectivity index (χ4v) is 3.29. The molecule has 1 heterocycles. The molecule has 29 heavy (non-hydrogen) atoms. The largest absolute Gasteiger partial charge is 0.457 e. The molecule has 0 aromatic heterocycles. The average Bonchev–Trinajstić information content (AvgIpc) is 3.19. The number of ether oxygens (including phenoxy) is 2. The topological polar surface area (TPSA) is 75.1 Å². The van der Waals surface area contributed by atoms with Gasteiger partial charge in [0.05, 0.1) is 6.61 Å². The highest BCUT2D eigenvalue weighted by Crippen LogP contribution is 2.31. The normalized spacial score (nSPS) is 18.8. The van der Waals surface area contributed by atoms with E-state index < -0.39 is 0 Å². The van der Waals surface area contributed by atoms with E-state index in [9.17, 15) is 5.11 Å². The highest BCUT2D eigenvalue weighted by atomic mass is 127. The van der Waals surface area contributed by atoms with Crippen LogP contribution < -0.4 is 15.4 Å². The van der Waals surface area contributed by atoms with Crippen molar-refractivity contribution >= 4 is 29.9 Å². The predicted octanol–water partition coefficient (Wildman–Crippen LogP) is 3.55. The number of aliphatic hydroxyl groups excluding tert-OH is 1. The molecule has 7 heteroatoms. The summed E-state index contributed by atoms with van der Waals surface area (Å²) in [5, 5.41) is 16.0. The zero-order valence-electron chi connectivity index (χ0n) is 16.8. The van der Waals surface area contributed by atoms with E-state index in [0.29, 0.717) is 13.2 Å². The predicted molar refractivity (Wildman–Crippen MR) is 126 cm³/mol. The van der Waals surface area contributed by atoms with Gasteiger partial charge in [0.2, 0.25) is 0 Å². The molecule has 6 nitrogen and oxygen atoms in total. The molecule has 0 bridgehead atoms. The average molecular weight is 511 g/mol. The summed E-state index contributed by atoms with van der Waals surface area (Å²) in [5.74, 6) is 2.38. The van der Waals surface area contributed by atoms with Crippen molar-refractivity contribution in [3.05, 3.63) is 60.2 Å². The van der Waals surface area contributed by atoms with Crippen molar-refractivity contribution in [2.75, 3.05) is 33.4 Å². The summed E-state index contributed by atoms with van der Waals surface area (Å²) in [5.41, 5.74) is 1.13. The van der Waals surface area contributed by atoms with Crippen LogP contribution in [0.4, 0.5) is 0 Å². The number of benzene rings is 2. The summed E-state index contributed by atoms with van der Waals surface area (Å²) in [6.07, 6.45) is 1.69. The Kier molecular flexibility index (Phi) is 9.69. The van der Waals surface area contributed by atoms with Crippen LogP contribution >= 0.6 is 24.0 Å². The van der Waals surface area contributed by atoms with E-state index in [0.717, 1.165) is 49.0 Å². The summed E-state index contributed by atoms with van der Waals surface area (Å²) in [6, 6.07) is 17.7. The van der Waals surface area contributed by atoms with Gasteiger partial charge in [-0.2, -0.15) is 0 Å². The third kappa shape index (κ3) is 7.17. The molecule has 0 saturated carbocycles. The minimum absolute atomic E-state index is 0. The van der Waals surface area contributed by atoms with Gasteiger partial charge in [-0.3, -0.25) is 4.99 Å². The summed E-state index contributed by atoms with van der Waals surface area (Å²) in [6.45, 7) is 3.01. The Morgan fingerprint density at radius 3 is 2.45 bits per heavy atom. The number of halogens is 1. The number of nitrogens with zero attached hydrogens (tertiary/aromatic N) is 1. The molecule has 1 saturated heterocycles.